The van der Waals surface area contributed by atoms with Crippen molar-refractivity contribution in [1.82, 2.24) is 9.36 Å². The summed E-state index contributed by atoms with van der Waals surface area (Å²) in [6.45, 7) is 0. The molecule has 0 spiro atoms. The third kappa shape index (κ3) is 1.69. The van der Waals surface area contributed by atoms with Crippen LogP contribution in [0.25, 0.3) is 10.7 Å². The first-order chi connectivity index (χ1) is 5.75. The van der Waals surface area contributed by atoms with Crippen molar-refractivity contribution in [3.8, 4) is 10.7 Å². The molecule has 2 rings (SSSR count). The first kappa shape index (κ1) is 8.62. The van der Waals surface area contributed by atoms with Crippen LogP contribution in [-0.4, -0.2) is 9.36 Å². The predicted octanol–water partition coefficient (Wildman–Crippen LogP) is 3.68. The Bertz CT molecular complexity index is 359. The normalized spacial score (nSPS) is 10.5. The van der Waals surface area contributed by atoms with Crippen molar-refractivity contribution < 1.29 is 0 Å². The van der Waals surface area contributed by atoms with E-state index in [1.165, 1.54) is 11.5 Å². The summed E-state index contributed by atoms with van der Waals surface area (Å²) in [5, 5.41) is 0. The lowest BCUT2D eigenvalue weighted by Crippen LogP contribution is -1.71. The van der Waals surface area contributed by atoms with Gasteiger partial charge in [-0.1, -0.05) is 0 Å². The zero-order valence-electron chi connectivity index (χ0n) is 5.62. The minimum atomic E-state index is 0.481. The molecule has 0 radical (unpaired) electrons. The summed E-state index contributed by atoms with van der Waals surface area (Å²) in [5.74, 6) is 0.709. The zero-order valence-corrected chi connectivity index (χ0v) is 9.60. The van der Waals surface area contributed by atoms with E-state index < -0.39 is 0 Å². The largest absolute Gasteiger partial charge is 0.203 e. The van der Waals surface area contributed by atoms with E-state index in [1.54, 1.807) is 11.3 Å². The van der Waals surface area contributed by atoms with Crippen LogP contribution in [0, 0.1) is 0 Å². The molecule has 2 nitrogen and oxygen atoms in total. The highest BCUT2D eigenvalue weighted by molar-refractivity contribution is 9.11. The van der Waals surface area contributed by atoms with Gasteiger partial charge in [-0.05, 0) is 51.2 Å². The van der Waals surface area contributed by atoms with Gasteiger partial charge in [0, 0.05) is 0 Å². The lowest BCUT2D eigenvalue weighted by molar-refractivity contribution is 1.35. The van der Waals surface area contributed by atoms with Crippen LogP contribution in [-0.2, 0) is 0 Å². The summed E-state index contributed by atoms with van der Waals surface area (Å²) in [4.78, 5) is 5.09. The maximum Gasteiger partial charge on any atom is 0.203 e. The highest BCUT2D eigenvalue weighted by atomic mass is 79.9. The van der Waals surface area contributed by atoms with E-state index in [0.29, 0.717) is 10.3 Å². The van der Waals surface area contributed by atoms with E-state index in [2.05, 4.69) is 25.3 Å². The summed E-state index contributed by atoms with van der Waals surface area (Å²) in [6.07, 6.45) is 0. The van der Waals surface area contributed by atoms with Gasteiger partial charge >= 0.3 is 0 Å². The molecule has 62 valence electrons. The number of thiophene rings is 1. The van der Waals surface area contributed by atoms with Crippen molar-refractivity contribution in [3.05, 3.63) is 20.4 Å². The van der Waals surface area contributed by atoms with E-state index in [0.717, 1.165) is 8.66 Å². The lowest BCUT2D eigenvalue weighted by Gasteiger charge is -1.83. The molecule has 6 heteroatoms. The van der Waals surface area contributed by atoms with Gasteiger partial charge in [0.15, 0.2) is 5.82 Å². The van der Waals surface area contributed by atoms with Crippen LogP contribution in [0.4, 0.5) is 0 Å². The average Bonchev–Trinajstić information content (AvgIpc) is 2.58. The van der Waals surface area contributed by atoms with Crippen LogP contribution in [0.3, 0.4) is 0 Å². The van der Waals surface area contributed by atoms with E-state index >= 15 is 0 Å². The quantitative estimate of drug-likeness (QED) is 0.797. The molecule has 0 aliphatic carbocycles. The monoisotopic (exact) mass is 280 g/mol. The smallest absolute Gasteiger partial charge is 0.202 e. The molecule has 2 aromatic heterocycles. The second kappa shape index (κ2) is 3.41. The van der Waals surface area contributed by atoms with Gasteiger partial charge in [-0.25, -0.2) is 4.98 Å². The second-order valence-electron chi connectivity index (χ2n) is 1.97. The molecule has 0 amide bonds. The molecule has 0 fully saturated rings. The molecule has 0 aromatic carbocycles. The van der Waals surface area contributed by atoms with Gasteiger partial charge < -0.3 is 0 Å². The first-order valence-electron chi connectivity index (χ1n) is 3.00. The molecule has 0 saturated heterocycles. The Labute approximate surface area is 90.5 Å². The minimum Gasteiger partial charge on any atom is -0.202 e. The van der Waals surface area contributed by atoms with Gasteiger partial charge in [0.2, 0.25) is 4.47 Å². The Morgan fingerprint density at radius 3 is 2.75 bits per heavy atom. The summed E-state index contributed by atoms with van der Waals surface area (Å²) in [6, 6.07) is 3.93. The SMILES string of the molecule is Clc1nc(-c2ccc(Br)s2)ns1. The van der Waals surface area contributed by atoms with Crippen LogP contribution in [0.15, 0.2) is 15.9 Å². The fourth-order valence-corrected chi connectivity index (χ4v) is 2.73. The van der Waals surface area contributed by atoms with Gasteiger partial charge in [0.05, 0.1) is 8.66 Å². The minimum absolute atomic E-state index is 0.481. The van der Waals surface area contributed by atoms with Crippen LogP contribution in [0.5, 0.6) is 0 Å². The molecule has 0 aliphatic rings. The molecule has 0 aliphatic heterocycles. The van der Waals surface area contributed by atoms with Crippen molar-refractivity contribution in [2.24, 2.45) is 0 Å². The molecular formula is C6H2BrClN2S2. The standard InChI is InChI=1S/C6H2BrClN2S2/c7-4-2-1-3(11-4)5-9-6(8)12-10-5/h1-2H. The maximum atomic E-state index is 5.65. The average molecular weight is 282 g/mol. The number of hydrogen-bond donors (Lipinski definition) is 0. The van der Waals surface area contributed by atoms with Gasteiger partial charge in [0.1, 0.15) is 0 Å². The molecule has 12 heavy (non-hydrogen) atoms. The second-order valence-corrected chi connectivity index (χ2v) is 5.77. The summed E-state index contributed by atoms with van der Waals surface area (Å²) < 4.78 is 5.64. The van der Waals surface area contributed by atoms with Crippen molar-refractivity contribution in [2.45, 2.75) is 0 Å². The Kier molecular flexibility index (Phi) is 2.45. The number of halogens is 2. The first-order valence-corrected chi connectivity index (χ1v) is 5.77. The van der Waals surface area contributed by atoms with Gasteiger partial charge in [0.25, 0.3) is 0 Å². The number of hydrogen-bond acceptors (Lipinski definition) is 4. The van der Waals surface area contributed by atoms with Crippen LogP contribution in [0.2, 0.25) is 4.47 Å². The van der Waals surface area contributed by atoms with E-state index in [4.69, 9.17) is 11.6 Å². The number of aromatic nitrogens is 2. The van der Waals surface area contributed by atoms with Crippen molar-refractivity contribution in [3.63, 3.8) is 0 Å². The van der Waals surface area contributed by atoms with E-state index in [-0.39, 0.29) is 0 Å². The molecule has 0 N–H and O–H groups in total. The van der Waals surface area contributed by atoms with Crippen LogP contribution >= 0.6 is 50.4 Å². The third-order valence-corrected chi connectivity index (χ3v) is 3.61. The summed E-state index contributed by atoms with van der Waals surface area (Å²) in [5.41, 5.74) is 0. The molecule has 0 atom stereocenters. The van der Waals surface area contributed by atoms with Crippen molar-refractivity contribution in [1.29, 1.82) is 0 Å². The highest BCUT2D eigenvalue weighted by Crippen LogP contribution is 2.30. The van der Waals surface area contributed by atoms with Crippen molar-refractivity contribution in [2.75, 3.05) is 0 Å². The summed E-state index contributed by atoms with van der Waals surface area (Å²) >= 11 is 11.8. The number of nitrogens with zero attached hydrogens (tertiary/aromatic N) is 2. The van der Waals surface area contributed by atoms with Gasteiger partial charge in [-0.2, -0.15) is 4.37 Å². The van der Waals surface area contributed by atoms with Crippen molar-refractivity contribution >= 4 is 50.4 Å². The lowest BCUT2D eigenvalue weighted by atomic mass is 10.4. The molecule has 0 unspecified atom stereocenters. The van der Waals surface area contributed by atoms with Crippen LogP contribution < -0.4 is 0 Å². The third-order valence-electron chi connectivity index (χ3n) is 1.19. The maximum absolute atomic E-state index is 5.65. The molecular weight excluding hydrogens is 280 g/mol. The fourth-order valence-electron chi connectivity index (χ4n) is 0.740. The predicted molar refractivity (Wildman–Crippen MR) is 55.9 cm³/mol. The molecule has 2 aromatic rings. The van der Waals surface area contributed by atoms with E-state index in [1.807, 2.05) is 12.1 Å². The Hall–Kier alpha value is 0.0300. The molecule has 0 bridgehead atoms. The molecule has 0 saturated carbocycles. The highest BCUT2D eigenvalue weighted by Gasteiger charge is 2.06. The Morgan fingerprint density at radius 2 is 2.25 bits per heavy atom. The Morgan fingerprint density at radius 1 is 1.42 bits per heavy atom. The Balaban J connectivity index is 2.43. The summed E-state index contributed by atoms with van der Waals surface area (Å²) in [7, 11) is 0. The molecule has 2 heterocycles. The fraction of sp³-hybridized carbons (Fsp3) is 0. The zero-order chi connectivity index (χ0) is 8.55. The van der Waals surface area contributed by atoms with Crippen LogP contribution in [0.1, 0.15) is 0 Å². The number of rotatable bonds is 1. The topological polar surface area (TPSA) is 25.8 Å². The van der Waals surface area contributed by atoms with E-state index in [9.17, 15) is 0 Å². The van der Waals surface area contributed by atoms with Gasteiger partial charge in [-0.15, -0.1) is 11.3 Å². The van der Waals surface area contributed by atoms with Gasteiger partial charge in [-0.3, -0.25) is 0 Å².